The third-order valence-electron chi connectivity index (χ3n) is 5.38. The second kappa shape index (κ2) is 20.3. The molecule has 0 bridgehead atoms. The van der Waals surface area contributed by atoms with Crippen molar-refractivity contribution >= 4 is 186 Å². The number of halogens is 13. The highest BCUT2D eigenvalue weighted by molar-refractivity contribution is 9.08. The molecule has 270 valence electrons. The average molecular weight is 989 g/mol. The highest BCUT2D eigenvalue weighted by Gasteiger charge is 2.34. The quantitative estimate of drug-likeness (QED) is 0.140. The first-order valence-electron chi connectivity index (χ1n) is 12.6. The number of nitrogens with zero attached hydrogens (tertiary/aromatic N) is 6. The van der Waals surface area contributed by atoms with E-state index in [0.29, 0.717) is 5.56 Å². The van der Waals surface area contributed by atoms with Gasteiger partial charge in [0.05, 0.1) is 0 Å². The number of aldehydes is 1. The lowest BCUT2D eigenvalue weighted by Gasteiger charge is -2.14. The molecule has 0 atom stereocenters. The van der Waals surface area contributed by atoms with Crippen LogP contribution >= 0.6 is 155 Å². The van der Waals surface area contributed by atoms with Crippen molar-refractivity contribution in [3.05, 3.63) is 106 Å². The fourth-order valence-corrected chi connectivity index (χ4v) is 4.57. The largest absolute Gasteiger partial charge is 0.298 e. The second-order valence-electron chi connectivity index (χ2n) is 9.00. The van der Waals surface area contributed by atoms with Crippen LogP contribution in [0.15, 0.2) is 48.5 Å². The first-order chi connectivity index (χ1) is 22.2. The fourth-order valence-electron chi connectivity index (χ4n) is 3.19. The number of hydrogen-bond donors (Lipinski definition) is 0. The zero-order valence-corrected chi connectivity index (χ0v) is 33.9. The lowest BCUT2D eigenvalue weighted by Crippen LogP contribution is -2.16. The summed E-state index contributed by atoms with van der Waals surface area (Å²) in [6.45, 7) is 0. The lowest BCUT2D eigenvalue weighted by molar-refractivity contribution is 0.112. The number of aromatic nitrogens is 6. The summed E-state index contributed by atoms with van der Waals surface area (Å²) in [5, 5.41) is 0.781. The van der Waals surface area contributed by atoms with Crippen LogP contribution in [0.1, 0.15) is 76.8 Å². The molecule has 50 heavy (non-hydrogen) atoms. The molecule has 0 N–H and O–H groups in total. The van der Waals surface area contributed by atoms with Crippen LogP contribution in [0.4, 0.5) is 0 Å². The molecule has 0 unspecified atom stereocenters. The van der Waals surface area contributed by atoms with Gasteiger partial charge in [0.25, 0.3) is 0 Å². The van der Waals surface area contributed by atoms with Gasteiger partial charge in [0.2, 0.25) is 15.2 Å². The Kier molecular flexibility index (Phi) is 19.3. The van der Waals surface area contributed by atoms with Crippen LogP contribution in [0.25, 0.3) is 24.3 Å². The Morgan fingerprint density at radius 2 is 0.740 bits per heavy atom. The molecule has 20 heteroatoms. The van der Waals surface area contributed by atoms with E-state index in [1.54, 1.807) is 42.5 Å². The molecule has 0 spiro atoms. The van der Waals surface area contributed by atoms with Crippen molar-refractivity contribution in [1.29, 1.82) is 0 Å². The summed E-state index contributed by atoms with van der Waals surface area (Å²) in [6, 6.07) is 14.7. The van der Waals surface area contributed by atoms with E-state index < -0.39 is 15.2 Å². The van der Waals surface area contributed by atoms with Crippen molar-refractivity contribution in [3.8, 4) is 0 Å². The van der Waals surface area contributed by atoms with Crippen molar-refractivity contribution < 1.29 is 4.79 Å². The van der Waals surface area contributed by atoms with Gasteiger partial charge in [0.15, 0.2) is 34.9 Å². The third kappa shape index (κ3) is 15.5. The van der Waals surface area contributed by atoms with Gasteiger partial charge in [-0.3, -0.25) is 4.79 Å². The fraction of sp³-hybridized carbons (Fsp3) is 0.233. The highest BCUT2D eigenvalue weighted by Crippen LogP contribution is 2.41. The van der Waals surface area contributed by atoms with Crippen LogP contribution in [-0.2, 0) is 20.5 Å². The maximum atomic E-state index is 10.6. The molecule has 0 amide bonds. The number of alkyl halides is 13. The van der Waals surface area contributed by atoms with E-state index in [1.807, 2.05) is 24.3 Å². The van der Waals surface area contributed by atoms with E-state index >= 15 is 0 Å². The molecule has 0 saturated heterocycles. The topological polar surface area (TPSA) is 94.4 Å². The van der Waals surface area contributed by atoms with Crippen molar-refractivity contribution in [3.63, 3.8) is 0 Å². The minimum absolute atomic E-state index is 0. The van der Waals surface area contributed by atoms with E-state index in [0.717, 1.165) is 28.3 Å². The number of benzene rings is 2. The molecule has 4 aromatic rings. The van der Waals surface area contributed by atoms with Gasteiger partial charge in [0.1, 0.15) is 6.29 Å². The summed E-state index contributed by atoms with van der Waals surface area (Å²) in [5.41, 5.74) is 3.45. The summed E-state index contributed by atoms with van der Waals surface area (Å²) < 4.78 is -7.54. The second-order valence-corrected chi connectivity index (χ2v) is 18.7. The van der Waals surface area contributed by atoms with Crippen molar-refractivity contribution in [2.75, 3.05) is 0 Å². The lowest BCUT2D eigenvalue weighted by atomic mass is 10.1. The Labute approximate surface area is 358 Å². The minimum atomic E-state index is -1.90. The van der Waals surface area contributed by atoms with E-state index in [2.05, 4.69) is 45.8 Å². The van der Waals surface area contributed by atoms with Crippen molar-refractivity contribution in [2.45, 2.75) is 35.4 Å². The van der Waals surface area contributed by atoms with Gasteiger partial charge in [-0.2, -0.15) is 0 Å². The molecule has 2 aromatic carbocycles. The molecular weight excluding hydrogens is 966 g/mol. The predicted octanol–water partition coefficient (Wildman–Crippen LogP) is 13.4. The first-order valence-corrected chi connectivity index (χ1v) is 18.2. The van der Waals surface area contributed by atoms with Gasteiger partial charge in [-0.1, -0.05) is 231 Å². The van der Waals surface area contributed by atoms with Crippen LogP contribution in [0.5, 0.6) is 0 Å². The summed E-state index contributed by atoms with van der Waals surface area (Å²) in [5.74, 6) is -0.236. The van der Waals surface area contributed by atoms with Crippen molar-refractivity contribution in [2.24, 2.45) is 0 Å². The summed E-state index contributed by atoms with van der Waals surface area (Å²) in [7, 11) is 0. The first kappa shape index (κ1) is 47.6. The van der Waals surface area contributed by atoms with Gasteiger partial charge in [0, 0.05) is 10.9 Å². The number of carbonyl (C=O) groups is 1. The normalized spacial score (nSPS) is 12.2. The van der Waals surface area contributed by atoms with Crippen LogP contribution in [-0.4, -0.2) is 36.2 Å². The molecule has 2 heterocycles. The van der Waals surface area contributed by atoms with E-state index in [-0.39, 0.29) is 49.8 Å². The molecular formula is C30H23BrCl12N6O. The van der Waals surface area contributed by atoms with Crippen LogP contribution in [0.3, 0.4) is 0 Å². The Bertz CT molecular complexity index is 1700. The summed E-state index contributed by atoms with van der Waals surface area (Å²) in [6.07, 6.45) is 7.38. The zero-order chi connectivity index (χ0) is 35.9. The molecule has 4 rings (SSSR count). The Hall–Kier alpha value is -0.430. The smallest absolute Gasteiger partial charge is 0.250 e. The van der Waals surface area contributed by atoms with E-state index in [4.69, 9.17) is 139 Å². The Balaban J connectivity index is 0.000000481. The third-order valence-corrected chi connectivity index (χ3v) is 8.05. The van der Waals surface area contributed by atoms with Gasteiger partial charge < -0.3 is 0 Å². The summed E-state index contributed by atoms with van der Waals surface area (Å²) >= 11 is 73.1. The standard InChI is InChI=1S/C14H8BrCl6N3.C14H7Cl6N3O.2CH4/c15-7-9-3-1-8(2-4-9)5-6-10-22-11(13(16,17)18)24-12(23-10)14(19,20)21;15-13(16,17)11-21-10(22-12(23-11)14(18,19)20)6-5-8-1-3-9(7-24)4-2-8;;/h1-6H,7H2;1-7H;2*1H4/b2*6-5+;;. The molecule has 2 aromatic heterocycles. The molecule has 0 fully saturated rings. The highest BCUT2D eigenvalue weighted by atomic mass is 79.9. The zero-order valence-electron chi connectivity index (χ0n) is 23.2. The predicted molar refractivity (Wildman–Crippen MR) is 219 cm³/mol. The minimum Gasteiger partial charge on any atom is -0.298 e. The van der Waals surface area contributed by atoms with Crippen LogP contribution in [0.2, 0.25) is 0 Å². The van der Waals surface area contributed by atoms with Gasteiger partial charge in [-0.25, -0.2) is 29.9 Å². The molecule has 0 aliphatic heterocycles. The molecule has 0 saturated carbocycles. The Morgan fingerprint density at radius 3 is 1.00 bits per heavy atom. The van der Waals surface area contributed by atoms with Gasteiger partial charge >= 0.3 is 0 Å². The van der Waals surface area contributed by atoms with Crippen LogP contribution in [0, 0.1) is 0 Å². The average Bonchev–Trinajstić information content (AvgIpc) is 3.01. The number of carbonyl (C=O) groups excluding carboxylic acids is 1. The SMILES string of the molecule is C.C.ClC(Cl)(Cl)c1nc(/C=C/c2ccc(CBr)cc2)nc(C(Cl)(Cl)Cl)n1.O=Cc1ccc(/C=C/c2nc(C(Cl)(Cl)Cl)nc(C(Cl)(Cl)Cl)n2)cc1. The molecule has 7 nitrogen and oxygen atoms in total. The number of hydrogen-bond acceptors (Lipinski definition) is 7. The Morgan fingerprint density at radius 1 is 0.460 bits per heavy atom. The van der Waals surface area contributed by atoms with Gasteiger partial charge in [-0.15, -0.1) is 0 Å². The molecule has 0 aliphatic rings. The number of rotatable bonds is 6. The maximum Gasteiger partial charge on any atom is 0.250 e. The van der Waals surface area contributed by atoms with E-state index in [9.17, 15) is 4.79 Å². The molecule has 0 radical (unpaired) electrons. The summed E-state index contributed by atoms with van der Waals surface area (Å²) in [4.78, 5) is 34.6. The van der Waals surface area contributed by atoms with Crippen molar-refractivity contribution in [1.82, 2.24) is 29.9 Å². The van der Waals surface area contributed by atoms with E-state index in [1.165, 1.54) is 6.08 Å². The maximum absolute atomic E-state index is 10.6. The molecule has 0 aliphatic carbocycles. The monoisotopic (exact) mass is 982 g/mol. The van der Waals surface area contributed by atoms with Crippen LogP contribution < -0.4 is 0 Å². The van der Waals surface area contributed by atoms with Gasteiger partial charge in [-0.05, 0) is 28.8 Å².